The lowest BCUT2D eigenvalue weighted by molar-refractivity contribution is 0.0337. The van der Waals surface area contributed by atoms with Crippen molar-refractivity contribution >= 4 is 29.0 Å². The molecule has 0 aromatic carbocycles. The Hall–Kier alpha value is -3.08. The molecule has 0 radical (unpaired) electrons. The molecule has 0 saturated carbocycles. The van der Waals surface area contributed by atoms with E-state index >= 15 is 0 Å². The quantitative estimate of drug-likeness (QED) is 0.580. The highest BCUT2D eigenvalue weighted by atomic mass is 32.1. The summed E-state index contributed by atoms with van der Waals surface area (Å²) in [7, 11) is 0. The molecule has 1 aliphatic rings. The zero-order valence-electron chi connectivity index (χ0n) is 17.2. The number of pyridine rings is 2. The third kappa shape index (κ3) is 5.97. The molecule has 1 aliphatic heterocycles. The van der Waals surface area contributed by atoms with E-state index in [0.717, 1.165) is 49.1 Å². The van der Waals surface area contributed by atoms with Crippen molar-refractivity contribution in [2.24, 2.45) is 0 Å². The summed E-state index contributed by atoms with van der Waals surface area (Å²) in [6, 6.07) is 8.90. The van der Waals surface area contributed by atoms with Crippen LogP contribution in [-0.2, 0) is 11.3 Å². The third-order valence-corrected chi connectivity index (χ3v) is 5.45. The minimum Gasteiger partial charge on any atom is -0.478 e. The van der Waals surface area contributed by atoms with Crippen molar-refractivity contribution in [1.29, 1.82) is 0 Å². The number of ether oxygens (including phenoxy) is 2. The topological polar surface area (TPSA) is 102 Å². The maximum absolute atomic E-state index is 12.4. The number of nitrogens with zero attached hydrogens (tertiary/aromatic N) is 4. The Morgan fingerprint density at radius 1 is 1.19 bits per heavy atom. The number of nitrogens with one attached hydrogen (secondary N) is 2. The summed E-state index contributed by atoms with van der Waals surface area (Å²) in [6.45, 7) is 6.43. The summed E-state index contributed by atoms with van der Waals surface area (Å²) in [4.78, 5) is 27.9. The van der Waals surface area contributed by atoms with Crippen molar-refractivity contribution < 1.29 is 14.3 Å². The highest BCUT2D eigenvalue weighted by Crippen LogP contribution is 2.27. The molecule has 3 aromatic rings. The Labute approximate surface area is 184 Å². The Kier molecular flexibility index (Phi) is 7.03. The van der Waals surface area contributed by atoms with Crippen molar-refractivity contribution in [2.75, 3.05) is 43.5 Å². The second-order valence-corrected chi connectivity index (χ2v) is 7.69. The number of anilines is 2. The number of aromatic nitrogens is 3. The molecule has 0 aliphatic carbocycles. The average Bonchev–Trinajstić information content (AvgIpc) is 3.23. The van der Waals surface area contributed by atoms with E-state index < -0.39 is 6.03 Å². The van der Waals surface area contributed by atoms with Gasteiger partial charge in [-0.05, 0) is 25.1 Å². The molecule has 0 bridgehead atoms. The number of carbonyl (C=O) groups is 1. The molecular weight excluding hydrogens is 416 g/mol. The molecule has 2 N–H and O–H groups in total. The first-order chi connectivity index (χ1) is 15.2. The summed E-state index contributed by atoms with van der Waals surface area (Å²) in [5.41, 5.74) is 1.79. The molecule has 162 valence electrons. The van der Waals surface area contributed by atoms with Gasteiger partial charge in [0, 0.05) is 42.8 Å². The van der Waals surface area contributed by atoms with E-state index in [0.29, 0.717) is 24.1 Å². The fourth-order valence-electron chi connectivity index (χ4n) is 3.12. The lowest BCUT2D eigenvalue weighted by Gasteiger charge is -2.26. The van der Waals surface area contributed by atoms with Crippen LogP contribution in [0.25, 0.3) is 10.6 Å². The number of rotatable bonds is 7. The Bertz CT molecular complexity index is 1020. The van der Waals surface area contributed by atoms with Gasteiger partial charge in [-0.1, -0.05) is 6.07 Å². The molecule has 9 nitrogen and oxygen atoms in total. The van der Waals surface area contributed by atoms with Gasteiger partial charge in [0.25, 0.3) is 0 Å². The monoisotopic (exact) mass is 440 g/mol. The first kappa shape index (κ1) is 21.2. The van der Waals surface area contributed by atoms with Gasteiger partial charge in [0.05, 0.1) is 25.5 Å². The molecule has 4 heterocycles. The lowest BCUT2D eigenvalue weighted by atomic mass is 10.3. The molecule has 31 heavy (non-hydrogen) atoms. The van der Waals surface area contributed by atoms with Gasteiger partial charge in [0.1, 0.15) is 16.6 Å². The van der Waals surface area contributed by atoms with Gasteiger partial charge in [-0.2, -0.15) is 0 Å². The number of urea groups is 1. The predicted octanol–water partition coefficient (Wildman–Crippen LogP) is 3.48. The van der Waals surface area contributed by atoms with Gasteiger partial charge in [-0.25, -0.2) is 19.7 Å². The minimum atomic E-state index is -0.391. The number of hydrogen-bond acceptors (Lipinski definition) is 8. The van der Waals surface area contributed by atoms with Crippen LogP contribution in [0.2, 0.25) is 0 Å². The van der Waals surface area contributed by atoms with E-state index in [1.807, 2.05) is 31.2 Å². The SMILES string of the molecule is CCOc1cc(-c2nc(NC(=O)Nc3cccc(CN4CCOCC4)n3)cs2)ccn1. The lowest BCUT2D eigenvalue weighted by Crippen LogP contribution is -2.35. The van der Waals surface area contributed by atoms with E-state index in [4.69, 9.17) is 9.47 Å². The van der Waals surface area contributed by atoms with Gasteiger partial charge >= 0.3 is 6.03 Å². The van der Waals surface area contributed by atoms with Crippen LogP contribution in [0.3, 0.4) is 0 Å². The second kappa shape index (κ2) is 10.3. The van der Waals surface area contributed by atoms with E-state index in [9.17, 15) is 4.79 Å². The minimum absolute atomic E-state index is 0.391. The summed E-state index contributed by atoms with van der Waals surface area (Å²) in [5, 5.41) is 8.09. The molecule has 0 atom stereocenters. The van der Waals surface area contributed by atoms with Crippen LogP contribution >= 0.6 is 11.3 Å². The van der Waals surface area contributed by atoms with Crippen LogP contribution in [0.5, 0.6) is 5.88 Å². The maximum Gasteiger partial charge on any atom is 0.326 e. The molecule has 1 saturated heterocycles. The third-order valence-electron chi connectivity index (χ3n) is 4.56. The van der Waals surface area contributed by atoms with Gasteiger partial charge in [-0.15, -0.1) is 11.3 Å². The smallest absolute Gasteiger partial charge is 0.326 e. The van der Waals surface area contributed by atoms with Crippen LogP contribution in [0, 0.1) is 0 Å². The molecule has 2 amide bonds. The molecule has 0 spiro atoms. The van der Waals surface area contributed by atoms with E-state index in [-0.39, 0.29) is 0 Å². The van der Waals surface area contributed by atoms with E-state index in [1.54, 1.807) is 17.6 Å². The summed E-state index contributed by atoms with van der Waals surface area (Å²) >= 11 is 1.43. The maximum atomic E-state index is 12.4. The fraction of sp³-hybridized carbons (Fsp3) is 0.333. The van der Waals surface area contributed by atoms with Gasteiger partial charge in [0.15, 0.2) is 0 Å². The fourth-order valence-corrected chi connectivity index (χ4v) is 3.87. The van der Waals surface area contributed by atoms with E-state index in [2.05, 4.69) is 30.5 Å². The van der Waals surface area contributed by atoms with E-state index in [1.165, 1.54) is 11.3 Å². The second-order valence-electron chi connectivity index (χ2n) is 6.84. The number of amides is 2. The van der Waals surface area contributed by atoms with Crippen molar-refractivity contribution in [2.45, 2.75) is 13.5 Å². The van der Waals surface area contributed by atoms with Crippen molar-refractivity contribution in [1.82, 2.24) is 19.9 Å². The molecule has 3 aromatic heterocycles. The van der Waals surface area contributed by atoms with Crippen LogP contribution in [0.15, 0.2) is 41.9 Å². The zero-order valence-corrected chi connectivity index (χ0v) is 18.0. The number of hydrogen-bond donors (Lipinski definition) is 2. The highest BCUT2D eigenvalue weighted by Gasteiger charge is 2.13. The van der Waals surface area contributed by atoms with Gasteiger partial charge in [0.2, 0.25) is 5.88 Å². The van der Waals surface area contributed by atoms with Crippen LogP contribution in [-0.4, -0.2) is 58.8 Å². The van der Waals surface area contributed by atoms with Crippen molar-refractivity contribution in [3.05, 3.63) is 47.6 Å². The highest BCUT2D eigenvalue weighted by molar-refractivity contribution is 7.13. The Balaban J connectivity index is 1.35. The van der Waals surface area contributed by atoms with Gasteiger partial charge in [-0.3, -0.25) is 15.5 Å². The molecule has 10 heteroatoms. The van der Waals surface area contributed by atoms with Gasteiger partial charge < -0.3 is 9.47 Å². The first-order valence-electron chi connectivity index (χ1n) is 10.1. The standard InChI is InChI=1S/C21H24N6O3S/c1-2-30-19-12-15(6-7-22-19)20-24-18(14-31-20)26-21(28)25-17-5-3-4-16(23-17)13-27-8-10-29-11-9-27/h3-7,12,14H,2,8-11,13H2,1H3,(H2,23,25,26,28). The molecule has 4 rings (SSSR count). The molecule has 0 unspecified atom stereocenters. The Morgan fingerprint density at radius 3 is 2.87 bits per heavy atom. The largest absolute Gasteiger partial charge is 0.478 e. The first-order valence-corrected chi connectivity index (χ1v) is 11.0. The van der Waals surface area contributed by atoms with Crippen molar-refractivity contribution in [3.63, 3.8) is 0 Å². The Morgan fingerprint density at radius 2 is 2.03 bits per heavy atom. The predicted molar refractivity (Wildman–Crippen MR) is 119 cm³/mol. The van der Waals surface area contributed by atoms with Crippen LogP contribution in [0.1, 0.15) is 12.6 Å². The normalized spacial score (nSPS) is 14.2. The number of thiazole rings is 1. The summed E-state index contributed by atoms with van der Waals surface area (Å²) < 4.78 is 10.8. The van der Waals surface area contributed by atoms with Crippen molar-refractivity contribution in [3.8, 4) is 16.5 Å². The average molecular weight is 441 g/mol. The molecular formula is C21H24N6O3S. The summed E-state index contributed by atoms with van der Waals surface area (Å²) in [6.07, 6.45) is 1.68. The summed E-state index contributed by atoms with van der Waals surface area (Å²) in [5.74, 6) is 1.51. The molecule has 1 fully saturated rings. The zero-order chi connectivity index (χ0) is 21.5. The number of morpholine rings is 1. The van der Waals surface area contributed by atoms with Crippen LogP contribution < -0.4 is 15.4 Å². The number of carbonyl (C=O) groups excluding carboxylic acids is 1. The van der Waals surface area contributed by atoms with Crippen LogP contribution in [0.4, 0.5) is 16.4 Å².